The maximum Gasteiger partial charge on any atom is 0.223 e. The zero-order valence-corrected chi connectivity index (χ0v) is 15.2. The molecule has 0 radical (unpaired) electrons. The van der Waals surface area contributed by atoms with E-state index in [9.17, 15) is 4.79 Å². The fraction of sp³-hybridized carbons (Fsp3) is 0.632. The lowest BCUT2D eigenvalue weighted by Crippen LogP contribution is -2.42. The van der Waals surface area contributed by atoms with E-state index in [4.69, 9.17) is 5.73 Å². The largest absolute Gasteiger partial charge is 0.336 e. The minimum atomic E-state index is 0. The molecule has 0 saturated heterocycles. The van der Waals surface area contributed by atoms with Gasteiger partial charge in [-0.1, -0.05) is 50.1 Å². The SMILES string of the molecule is CCC(C)N(Cc1ccccc1)C(=O)CC1CCCCC1N.Cl. The summed E-state index contributed by atoms with van der Waals surface area (Å²) < 4.78 is 0. The van der Waals surface area contributed by atoms with Crippen LogP contribution in [0.4, 0.5) is 0 Å². The molecule has 1 amide bonds. The third-order valence-electron chi connectivity index (χ3n) is 5.04. The zero-order chi connectivity index (χ0) is 15.9. The Morgan fingerprint density at radius 1 is 1.26 bits per heavy atom. The van der Waals surface area contributed by atoms with Gasteiger partial charge >= 0.3 is 0 Å². The predicted octanol–water partition coefficient (Wildman–Crippen LogP) is 4.14. The Morgan fingerprint density at radius 2 is 1.91 bits per heavy atom. The molecule has 1 aromatic rings. The second-order valence-corrected chi connectivity index (χ2v) is 6.68. The van der Waals surface area contributed by atoms with E-state index in [1.807, 2.05) is 23.1 Å². The monoisotopic (exact) mass is 338 g/mol. The van der Waals surface area contributed by atoms with Gasteiger partial charge in [0.2, 0.25) is 5.91 Å². The number of amides is 1. The quantitative estimate of drug-likeness (QED) is 0.847. The molecule has 0 bridgehead atoms. The van der Waals surface area contributed by atoms with Crippen LogP contribution in [-0.4, -0.2) is 22.9 Å². The average molecular weight is 339 g/mol. The van der Waals surface area contributed by atoms with Crippen molar-refractivity contribution in [2.75, 3.05) is 0 Å². The van der Waals surface area contributed by atoms with Gasteiger partial charge in [-0.2, -0.15) is 0 Å². The number of carbonyl (C=O) groups excluding carboxylic acids is 1. The van der Waals surface area contributed by atoms with Crippen molar-refractivity contribution >= 4 is 18.3 Å². The van der Waals surface area contributed by atoms with Crippen LogP contribution in [-0.2, 0) is 11.3 Å². The van der Waals surface area contributed by atoms with Crippen LogP contribution in [0.15, 0.2) is 30.3 Å². The number of hydrogen-bond donors (Lipinski definition) is 1. The van der Waals surface area contributed by atoms with Crippen LogP contribution in [0, 0.1) is 5.92 Å². The number of carbonyl (C=O) groups is 1. The third kappa shape index (κ3) is 5.82. The number of rotatable bonds is 6. The van der Waals surface area contributed by atoms with Crippen LogP contribution in [0.3, 0.4) is 0 Å². The Labute approximate surface area is 147 Å². The van der Waals surface area contributed by atoms with Crippen molar-refractivity contribution in [1.29, 1.82) is 0 Å². The maximum absolute atomic E-state index is 12.8. The minimum absolute atomic E-state index is 0. The molecule has 0 heterocycles. The van der Waals surface area contributed by atoms with Crippen LogP contribution in [0.2, 0.25) is 0 Å². The first kappa shape index (κ1) is 20.0. The van der Waals surface area contributed by atoms with Gasteiger partial charge in [-0.25, -0.2) is 0 Å². The second kappa shape index (κ2) is 9.94. The first-order valence-corrected chi connectivity index (χ1v) is 8.70. The Balaban J connectivity index is 0.00000264. The highest BCUT2D eigenvalue weighted by Gasteiger charge is 2.27. The first-order chi connectivity index (χ1) is 10.6. The van der Waals surface area contributed by atoms with Crippen LogP contribution in [0.1, 0.15) is 57.9 Å². The molecule has 1 aliphatic rings. The standard InChI is InChI=1S/C19H30N2O.ClH/c1-3-15(2)21(14-16-9-5-4-6-10-16)19(22)13-17-11-7-8-12-18(17)20;/h4-6,9-10,15,17-18H,3,7-8,11-14,20H2,1-2H3;1H. The number of nitrogens with zero attached hydrogens (tertiary/aromatic N) is 1. The number of hydrogen-bond acceptors (Lipinski definition) is 2. The van der Waals surface area contributed by atoms with Crippen LogP contribution < -0.4 is 5.73 Å². The number of nitrogens with two attached hydrogens (primary N) is 1. The van der Waals surface area contributed by atoms with E-state index < -0.39 is 0 Å². The van der Waals surface area contributed by atoms with Gasteiger partial charge in [0.1, 0.15) is 0 Å². The van der Waals surface area contributed by atoms with Gasteiger partial charge in [-0.3, -0.25) is 4.79 Å². The van der Waals surface area contributed by atoms with Crippen LogP contribution >= 0.6 is 12.4 Å². The molecule has 1 saturated carbocycles. The Kier molecular flexibility index (Phi) is 8.64. The first-order valence-electron chi connectivity index (χ1n) is 8.70. The summed E-state index contributed by atoms with van der Waals surface area (Å²) in [5, 5.41) is 0. The molecular weight excluding hydrogens is 308 g/mol. The van der Waals surface area contributed by atoms with E-state index in [1.54, 1.807) is 0 Å². The lowest BCUT2D eigenvalue weighted by atomic mass is 9.82. The summed E-state index contributed by atoms with van der Waals surface area (Å²) in [6, 6.07) is 10.7. The van der Waals surface area contributed by atoms with E-state index >= 15 is 0 Å². The van der Waals surface area contributed by atoms with Gasteiger partial charge in [0.25, 0.3) is 0 Å². The van der Waals surface area contributed by atoms with Crippen LogP contribution in [0.25, 0.3) is 0 Å². The van der Waals surface area contributed by atoms with Gasteiger partial charge in [0.15, 0.2) is 0 Å². The molecule has 3 unspecified atom stereocenters. The topological polar surface area (TPSA) is 46.3 Å². The highest BCUT2D eigenvalue weighted by atomic mass is 35.5. The van der Waals surface area contributed by atoms with E-state index in [0.29, 0.717) is 18.9 Å². The predicted molar refractivity (Wildman–Crippen MR) is 98.5 cm³/mol. The van der Waals surface area contributed by atoms with Gasteiger partial charge in [-0.15, -0.1) is 12.4 Å². The summed E-state index contributed by atoms with van der Waals surface area (Å²) in [5.41, 5.74) is 7.42. The highest BCUT2D eigenvalue weighted by Crippen LogP contribution is 2.27. The molecule has 23 heavy (non-hydrogen) atoms. The Morgan fingerprint density at radius 3 is 2.52 bits per heavy atom. The number of benzene rings is 1. The Hall–Kier alpha value is -1.06. The zero-order valence-electron chi connectivity index (χ0n) is 14.4. The van der Waals surface area contributed by atoms with Gasteiger partial charge < -0.3 is 10.6 Å². The smallest absolute Gasteiger partial charge is 0.223 e. The molecule has 0 aromatic heterocycles. The van der Waals surface area contributed by atoms with Crippen molar-refractivity contribution in [2.24, 2.45) is 11.7 Å². The summed E-state index contributed by atoms with van der Waals surface area (Å²) in [4.78, 5) is 14.9. The normalized spacial score (nSPS) is 22.0. The molecule has 4 heteroatoms. The summed E-state index contributed by atoms with van der Waals surface area (Å²) in [6.45, 7) is 4.99. The van der Waals surface area contributed by atoms with Crippen molar-refractivity contribution in [1.82, 2.24) is 4.90 Å². The lowest BCUT2D eigenvalue weighted by molar-refractivity contribution is -0.135. The third-order valence-corrected chi connectivity index (χ3v) is 5.04. The molecule has 2 rings (SSSR count). The molecule has 3 atom stereocenters. The molecule has 1 aromatic carbocycles. The van der Waals surface area contributed by atoms with Gasteiger partial charge in [0.05, 0.1) is 0 Å². The molecule has 2 N–H and O–H groups in total. The van der Waals surface area contributed by atoms with Crippen LogP contribution in [0.5, 0.6) is 0 Å². The lowest BCUT2D eigenvalue weighted by Gasteiger charge is -2.33. The number of halogens is 1. The van der Waals surface area contributed by atoms with E-state index in [-0.39, 0.29) is 30.4 Å². The van der Waals surface area contributed by atoms with E-state index in [2.05, 4.69) is 26.0 Å². The average Bonchev–Trinajstić information content (AvgIpc) is 2.55. The van der Waals surface area contributed by atoms with Crippen molar-refractivity contribution in [3.05, 3.63) is 35.9 Å². The van der Waals surface area contributed by atoms with Gasteiger partial charge in [-0.05, 0) is 37.7 Å². The van der Waals surface area contributed by atoms with Crippen molar-refractivity contribution in [3.63, 3.8) is 0 Å². The molecule has 0 aliphatic heterocycles. The summed E-state index contributed by atoms with van der Waals surface area (Å²) in [7, 11) is 0. The minimum Gasteiger partial charge on any atom is -0.336 e. The molecular formula is C19H31ClN2O. The second-order valence-electron chi connectivity index (χ2n) is 6.68. The summed E-state index contributed by atoms with van der Waals surface area (Å²) in [6.07, 6.45) is 6.19. The van der Waals surface area contributed by atoms with Crippen molar-refractivity contribution < 1.29 is 4.79 Å². The van der Waals surface area contributed by atoms with E-state index in [1.165, 1.54) is 18.4 Å². The van der Waals surface area contributed by atoms with Gasteiger partial charge in [0, 0.05) is 25.0 Å². The molecule has 0 spiro atoms. The highest BCUT2D eigenvalue weighted by molar-refractivity contribution is 5.85. The Bertz CT molecular complexity index is 466. The van der Waals surface area contributed by atoms with E-state index in [0.717, 1.165) is 19.3 Å². The molecule has 1 aliphatic carbocycles. The fourth-order valence-corrected chi connectivity index (χ4v) is 3.32. The molecule has 1 fully saturated rings. The van der Waals surface area contributed by atoms with Crippen molar-refractivity contribution in [2.45, 2.75) is 71.0 Å². The molecule has 3 nitrogen and oxygen atoms in total. The fourth-order valence-electron chi connectivity index (χ4n) is 3.32. The van der Waals surface area contributed by atoms with Crippen molar-refractivity contribution in [3.8, 4) is 0 Å². The summed E-state index contributed by atoms with van der Waals surface area (Å²) in [5.74, 6) is 0.629. The maximum atomic E-state index is 12.8. The molecule has 130 valence electrons. The summed E-state index contributed by atoms with van der Waals surface area (Å²) >= 11 is 0.